The third-order valence-electron chi connectivity index (χ3n) is 5.46. The molecule has 1 heterocycles. The van der Waals surface area contributed by atoms with Crippen molar-refractivity contribution in [2.75, 3.05) is 18.1 Å². The van der Waals surface area contributed by atoms with Crippen LogP contribution in [0.1, 0.15) is 46.9 Å². The van der Waals surface area contributed by atoms with Gasteiger partial charge in [-0.3, -0.25) is 4.79 Å². The van der Waals surface area contributed by atoms with E-state index in [-0.39, 0.29) is 17.9 Å². The van der Waals surface area contributed by atoms with Crippen LogP contribution in [0.2, 0.25) is 0 Å². The second kappa shape index (κ2) is 9.14. The molecule has 1 atom stereocenters. The molecule has 0 aromatic heterocycles. The second-order valence-electron chi connectivity index (χ2n) is 7.45. The normalized spacial score (nSPS) is 15.2. The van der Waals surface area contributed by atoms with E-state index in [0.29, 0.717) is 30.4 Å². The lowest BCUT2D eigenvalue weighted by molar-refractivity contribution is -0.255. The molecule has 0 saturated heterocycles. The molecule has 3 aromatic carbocycles. The average molecular weight is 430 g/mol. The van der Waals surface area contributed by atoms with Gasteiger partial charge in [-0.2, -0.15) is 0 Å². The van der Waals surface area contributed by atoms with E-state index in [2.05, 4.69) is 0 Å². The molecule has 1 aliphatic heterocycles. The number of carbonyl (C=O) groups is 2. The van der Waals surface area contributed by atoms with Crippen LogP contribution in [0.3, 0.4) is 0 Å². The number of hydrogen-bond acceptors (Lipinski definition) is 5. The minimum absolute atomic E-state index is 0.0647. The van der Waals surface area contributed by atoms with Gasteiger partial charge in [0, 0.05) is 5.69 Å². The number of amides is 1. The van der Waals surface area contributed by atoms with E-state index in [0.717, 1.165) is 16.7 Å². The Morgan fingerprint density at radius 3 is 2.19 bits per heavy atom. The summed E-state index contributed by atoms with van der Waals surface area (Å²) in [6.45, 7) is 4.80. The molecule has 6 heteroatoms. The monoisotopic (exact) mass is 430 g/mol. The van der Waals surface area contributed by atoms with E-state index in [9.17, 15) is 14.7 Å². The maximum absolute atomic E-state index is 13.4. The molecule has 6 nitrogen and oxygen atoms in total. The van der Waals surface area contributed by atoms with Gasteiger partial charge in [0.1, 0.15) is 0 Å². The summed E-state index contributed by atoms with van der Waals surface area (Å²) in [7, 11) is 0. The molecule has 0 spiro atoms. The summed E-state index contributed by atoms with van der Waals surface area (Å²) < 4.78 is 11.6. The third-order valence-corrected chi connectivity index (χ3v) is 5.46. The highest BCUT2D eigenvalue weighted by Gasteiger charge is 2.35. The van der Waals surface area contributed by atoms with Gasteiger partial charge < -0.3 is 24.3 Å². The van der Waals surface area contributed by atoms with Crippen molar-refractivity contribution in [1.82, 2.24) is 0 Å². The number of hydrogen-bond donors (Lipinski definition) is 0. The zero-order valence-electron chi connectivity index (χ0n) is 18.0. The van der Waals surface area contributed by atoms with Crippen molar-refractivity contribution in [2.24, 2.45) is 0 Å². The fourth-order valence-electron chi connectivity index (χ4n) is 4.11. The van der Waals surface area contributed by atoms with Crippen molar-refractivity contribution in [2.45, 2.75) is 26.3 Å². The van der Waals surface area contributed by atoms with Crippen LogP contribution in [0.25, 0.3) is 0 Å². The molecule has 32 heavy (non-hydrogen) atoms. The van der Waals surface area contributed by atoms with E-state index in [1.807, 2.05) is 56.3 Å². The molecule has 4 rings (SSSR count). The second-order valence-corrected chi connectivity index (χ2v) is 7.45. The van der Waals surface area contributed by atoms with Crippen LogP contribution < -0.4 is 19.5 Å². The molecule has 0 fully saturated rings. The predicted octanol–water partition coefficient (Wildman–Crippen LogP) is 3.53. The van der Waals surface area contributed by atoms with Crippen LogP contribution in [-0.2, 0) is 11.2 Å². The predicted molar refractivity (Wildman–Crippen MR) is 119 cm³/mol. The molecule has 3 aromatic rings. The summed E-state index contributed by atoms with van der Waals surface area (Å²) in [5.41, 5.74) is 3.46. The Bertz CT molecular complexity index is 1120. The van der Waals surface area contributed by atoms with Crippen molar-refractivity contribution in [3.05, 3.63) is 89.0 Å². The maximum atomic E-state index is 13.4. The first-order valence-corrected chi connectivity index (χ1v) is 10.6. The lowest BCUT2D eigenvalue weighted by atomic mass is 9.86. The van der Waals surface area contributed by atoms with Crippen molar-refractivity contribution < 1.29 is 24.2 Å². The van der Waals surface area contributed by atoms with Gasteiger partial charge >= 0.3 is 0 Å². The fraction of sp³-hybridized carbons (Fsp3) is 0.231. The molecule has 0 unspecified atom stereocenters. The number of anilines is 1. The number of carboxylic acid groups (broad SMARTS) is 1. The highest BCUT2D eigenvalue weighted by Crippen LogP contribution is 2.43. The molecular formula is C26H24NO5-. The summed E-state index contributed by atoms with van der Waals surface area (Å²) in [5, 5.41) is 11.2. The van der Waals surface area contributed by atoms with E-state index in [1.54, 1.807) is 17.0 Å². The third kappa shape index (κ3) is 4.04. The Morgan fingerprint density at radius 2 is 1.59 bits per heavy atom. The molecular weight excluding hydrogens is 406 g/mol. The zero-order chi connectivity index (χ0) is 22.7. The summed E-state index contributed by atoms with van der Waals surface area (Å²) in [4.78, 5) is 26.2. The Labute approximate surface area is 187 Å². The summed E-state index contributed by atoms with van der Waals surface area (Å²) in [5.74, 6) is -0.0782. The molecule has 0 saturated carbocycles. The van der Waals surface area contributed by atoms with Crippen LogP contribution in [-0.4, -0.2) is 25.1 Å². The highest BCUT2D eigenvalue weighted by molar-refractivity contribution is 5.99. The van der Waals surface area contributed by atoms with Gasteiger partial charge in [-0.1, -0.05) is 42.5 Å². The number of carbonyl (C=O) groups excluding carboxylic acids is 2. The summed E-state index contributed by atoms with van der Waals surface area (Å²) in [6, 6.07) is 19.4. The number of fused-ring (bicyclic) bond motifs is 1. The number of carboxylic acids is 1. The topological polar surface area (TPSA) is 78.9 Å². The summed E-state index contributed by atoms with van der Waals surface area (Å²) in [6.07, 6.45) is 0.202. The average Bonchev–Trinajstić information content (AvgIpc) is 2.80. The van der Waals surface area contributed by atoms with E-state index >= 15 is 0 Å². The summed E-state index contributed by atoms with van der Waals surface area (Å²) >= 11 is 0. The van der Waals surface area contributed by atoms with Gasteiger partial charge in [0.15, 0.2) is 11.5 Å². The van der Waals surface area contributed by atoms with Gasteiger partial charge in [0.05, 0.1) is 31.6 Å². The Morgan fingerprint density at radius 1 is 0.969 bits per heavy atom. The first-order valence-electron chi connectivity index (χ1n) is 10.6. The standard InChI is InChI=1S/C26H25NO5/c1-3-31-22-14-19-15-24(28)27(20-12-10-18(11-13-20)26(29)30)25(17-8-6-5-7-9-17)21(19)16-23(22)32-4-2/h5-14,16,25H,3-4,15H2,1-2H3,(H,29,30)/p-1/t25-/m1/s1. The maximum Gasteiger partial charge on any atom is 0.232 e. The van der Waals surface area contributed by atoms with Gasteiger partial charge in [-0.05, 0) is 60.4 Å². The van der Waals surface area contributed by atoms with Gasteiger partial charge in [0.25, 0.3) is 0 Å². The largest absolute Gasteiger partial charge is 0.545 e. The van der Waals surface area contributed by atoms with Crippen molar-refractivity contribution in [3.63, 3.8) is 0 Å². The molecule has 164 valence electrons. The minimum atomic E-state index is -1.25. The Hall–Kier alpha value is -3.80. The molecule has 0 radical (unpaired) electrons. The van der Waals surface area contributed by atoms with Crippen molar-refractivity contribution >= 4 is 17.6 Å². The molecule has 1 amide bonds. The van der Waals surface area contributed by atoms with Crippen LogP contribution in [0, 0.1) is 0 Å². The van der Waals surface area contributed by atoms with Crippen molar-refractivity contribution in [3.8, 4) is 11.5 Å². The molecule has 0 bridgehead atoms. The van der Waals surface area contributed by atoms with Crippen LogP contribution in [0.4, 0.5) is 5.69 Å². The fourth-order valence-corrected chi connectivity index (χ4v) is 4.11. The lowest BCUT2D eigenvalue weighted by Crippen LogP contribution is -2.41. The van der Waals surface area contributed by atoms with Crippen LogP contribution in [0.15, 0.2) is 66.7 Å². The smallest absolute Gasteiger partial charge is 0.232 e. The lowest BCUT2D eigenvalue weighted by Gasteiger charge is -2.38. The number of aromatic carboxylic acids is 1. The Balaban J connectivity index is 1.88. The van der Waals surface area contributed by atoms with E-state index in [4.69, 9.17) is 9.47 Å². The number of ether oxygens (including phenoxy) is 2. The molecule has 0 N–H and O–H groups in total. The molecule has 0 aliphatic carbocycles. The Kier molecular flexibility index (Phi) is 6.12. The zero-order valence-corrected chi connectivity index (χ0v) is 18.0. The molecule has 1 aliphatic rings. The number of rotatable bonds is 7. The van der Waals surface area contributed by atoms with E-state index in [1.165, 1.54) is 12.1 Å². The van der Waals surface area contributed by atoms with Gasteiger partial charge in [-0.15, -0.1) is 0 Å². The SMILES string of the molecule is CCOc1cc2c(cc1OCC)[C@@H](c1ccccc1)N(c1ccc(C(=O)[O-])cc1)C(=O)C2. The van der Waals surface area contributed by atoms with Gasteiger partial charge in [-0.25, -0.2) is 0 Å². The van der Waals surface area contributed by atoms with Crippen molar-refractivity contribution in [1.29, 1.82) is 0 Å². The highest BCUT2D eigenvalue weighted by atomic mass is 16.5. The minimum Gasteiger partial charge on any atom is -0.545 e. The number of benzene rings is 3. The van der Waals surface area contributed by atoms with Crippen LogP contribution in [0.5, 0.6) is 11.5 Å². The first kappa shape index (κ1) is 21.4. The van der Waals surface area contributed by atoms with E-state index < -0.39 is 12.0 Å². The van der Waals surface area contributed by atoms with Gasteiger partial charge in [0.2, 0.25) is 5.91 Å². The number of nitrogens with zero attached hydrogens (tertiary/aromatic N) is 1. The quantitative estimate of drug-likeness (QED) is 0.573. The van der Waals surface area contributed by atoms with Crippen LogP contribution >= 0.6 is 0 Å². The first-order chi connectivity index (χ1) is 15.5.